The standard InChI is InChI=1S/C13H14FN3O/c1-9(17-13-15-6-3-7-16-13)10-4-5-12(18-2)11(14)8-10/h3-9H,1-2H3,(H,15,16,17). The van der Waals surface area contributed by atoms with Gasteiger partial charge in [0.05, 0.1) is 13.2 Å². The summed E-state index contributed by atoms with van der Waals surface area (Å²) in [5.74, 6) is 0.376. The fourth-order valence-corrected chi connectivity index (χ4v) is 1.60. The monoisotopic (exact) mass is 247 g/mol. The number of hydrogen-bond acceptors (Lipinski definition) is 4. The predicted molar refractivity (Wildman–Crippen MR) is 67.0 cm³/mol. The maximum Gasteiger partial charge on any atom is 0.223 e. The number of anilines is 1. The summed E-state index contributed by atoms with van der Waals surface area (Å²) in [4.78, 5) is 8.12. The first-order valence-electron chi connectivity index (χ1n) is 5.57. The minimum atomic E-state index is -0.377. The van der Waals surface area contributed by atoms with E-state index in [1.165, 1.54) is 13.2 Å². The molecule has 0 fully saturated rings. The lowest BCUT2D eigenvalue weighted by Gasteiger charge is -2.14. The normalized spacial score (nSPS) is 11.9. The van der Waals surface area contributed by atoms with Crippen molar-refractivity contribution in [3.05, 3.63) is 48.0 Å². The zero-order valence-corrected chi connectivity index (χ0v) is 10.2. The molecule has 2 rings (SSSR count). The average Bonchev–Trinajstić information content (AvgIpc) is 2.39. The molecule has 0 saturated heterocycles. The summed E-state index contributed by atoms with van der Waals surface area (Å²) in [6, 6.07) is 6.51. The van der Waals surface area contributed by atoms with Gasteiger partial charge < -0.3 is 10.1 Å². The number of nitrogens with zero attached hydrogens (tertiary/aromatic N) is 2. The van der Waals surface area contributed by atoms with E-state index >= 15 is 0 Å². The molecule has 0 aliphatic rings. The summed E-state index contributed by atoms with van der Waals surface area (Å²) in [6.07, 6.45) is 3.30. The van der Waals surface area contributed by atoms with Crippen LogP contribution < -0.4 is 10.1 Å². The smallest absolute Gasteiger partial charge is 0.223 e. The molecule has 2 aromatic rings. The van der Waals surface area contributed by atoms with E-state index in [1.54, 1.807) is 24.5 Å². The van der Waals surface area contributed by atoms with E-state index in [0.717, 1.165) is 5.56 Å². The van der Waals surface area contributed by atoms with Crippen LogP contribution in [0.1, 0.15) is 18.5 Å². The molecule has 0 aliphatic carbocycles. The summed E-state index contributed by atoms with van der Waals surface area (Å²) in [5.41, 5.74) is 0.806. The number of nitrogens with one attached hydrogen (secondary N) is 1. The summed E-state index contributed by atoms with van der Waals surface area (Å²) in [5, 5.41) is 3.09. The Morgan fingerprint density at radius 3 is 2.61 bits per heavy atom. The second kappa shape index (κ2) is 5.44. The Morgan fingerprint density at radius 2 is 2.00 bits per heavy atom. The third kappa shape index (κ3) is 2.74. The highest BCUT2D eigenvalue weighted by molar-refractivity contribution is 5.35. The fourth-order valence-electron chi connectivity index (χ4n) is 1.60. The number of halogens is 1. The number of benzene rings is 1. The third-order valence-corrected chi connectivity index (χ3v) is 2.59. The minimum Gasteiger partial charge on any atom is -0.494 e. The van der Waals surface area contributed by atoms with Crippen molar-refractivity contribution in [2.75, 3.05) is 12.4 Å². The lowest BCUT2D eigenvalue weighted by atomic mass is 10.1. The molecule has 0 spiro atoms. The molecule has 94 valence electrons. The van der Waals surface area contributed by atoms with E-state index in [9.17, 15) is 4.39 Å². The van der Waals surface area contributed by atoms with E-state index in [0.29, 0.717) is 5.95 Å². The van der Waals surface area contributed by atoms with Crippen molar-refractivity contribution in [1.82, 2.24) is 9.97 Å². The van der Waals surface area contributed by atoms with E-state index in [-0.39, 0.29) is 17.6 Å². The molecule has 18 heavy (non-hydrogen) atoms. The molecule has 4 nitrogen and oxygen atoms in total. The van der Waals surface area contributed by atoms with Crippen molar-refractivity contribution in [2.45, 2.75) is 13.0 Å². The molecule has 1 heterocycles. The van der Waals surface area contributed by atoms with Gasteiger partial charge in [-0.15, -0.1) is 0 Å². The van der Waals surface area contributed by atoms with Crippen LogP contribution in [0.25, 0.3) is 0 Å². The highest BCUT2D eigenvalue weighted by Crippen LogP contribution is 2.23. The van der Waals surface area contributed by atoms with Crippen LogP contribution in [0, 0.1) is 5.82 Å². The largest absolute Gasteiger partial charge is 0.494 e. The predicted octanol–water partition coefficient (Wildman–Crippen LogP) is 2.80. The first-order valence-corrected chi connectivity index (χ1v) is 5.57. The fraction of sp³-hybridized carbons (Fsp3) is 0.231. The van der Waals surface area contributed by atoms with Gasteiger partial charge in [-0.05, 0) is 30.7 Å². The van der Waals surface area contributed by atoms with E-state index in [1.807, 2.05) is 13.0 Å². The zero-order valence-electron chi connectivity index (χ0n) is 10.2. The molecule has 0 radical (unpaired) electrons. The molecule has 0 aliphatic heterocycles. The van der Waals surface area contributed by atoms with Gasteiger partial charge in [0.15, 0.2) is 11.6 Å². The van der Waals surface area contributed by atoms with Crippen molar-refractivity contribution in [2.24, 2.45) is 0 Å². The summed E-state index contributed by atoms with van der Waals surface area (Å²) >= 11 is 0. The Labute approximate surface area is 105 Å². The van der Waals surface area contributed by atoms with Crippen LogP contribution in [0.2, 0.25) is 0 Å². The highest BCUT2D eigenvalue weighted by atomic mass is 19.1. The topological polar surface area (TPSA) is 47.0 Å². The Balaban J connectivity index is 2.14. The number of hydrogen-bond donors (Lipinski definition) is 1. The SMILES string of the molecule is COc1ccc(C(C)Nc2ncccn2)cc1F. The van der Waals surface area contributed by atoms with Crippen LogP contribution in [0.3, 0.4) is 0 Å². The molecular formula is C13H14FN3O. The van der Waals surface area contributed by atoms with Gasteiger partial charge in [0, 0.05) is 12.4 Å². The molecule has 1 N–H and O–H groups in total. The summed E-state index contributed by atoms with van der Waals surface area (Å²) in [6.45, 7) is 1.91. The molecule has 0 bridgehead atoms. The molecule has 5 heteroatoms. The molecule has 1 aromatic heterocycles. The first-order chi connectivity index (χ1) is 8.70. The zero-order chi connectivity index (χ0) is 13.0. The Kier molecular flexibility index (Phi) is 3.72. The Bertz CT molecular complexity index is 519. The van der Waals surface area contributed by atoms with Gasteiger partial charge in [-0.2, -0.15) is 0 Å². The van der Waals surface area contributed by atoms with Gasteiger partial charge in [0.25, 0.3) is 0 Å². The van der Waals surface area contributed by atoms with Crippen LogP contribution in [0.4, 0.5) is 10.3 Å². The Morgan fingerprint density at radius 1 is 1.28 bits per heavy atom. The lowest BCUT2D eigenvalue weighted by Crippen LogP contribution is -2.09. The quantitative estimate of drug-likeness (QED) is 0.902. The van der Waals surface area contributed by atoms with Crippen molar-refractivity contribution < 1.29 is 9.13 Å². The van der Waals surface area contributed by atoms with Crippen molar-refractivity contribution in [3.63, 3.8) is 0 Å². The first kappa shape index (κ1) is 12.3. The van der Waals surface area contributed by atoms with Crippen LogP contribution in [0.15, 0.2) is 36.7 Å². The molecular weight excluding hydrogens is 233 g/mol. The van der Waals surface area contributed by atoms with Crippen LogP contribution in [-0.2, 0) is 0 Å². The average molecular weight is 247 g/mol. The van der Waals surface area contributed by atoms with Gasteiger partial charge in [-0.25, -0.2) is 14.4 Å². The molecule has 0 amide bonds. The van der Waals surface area contributed by atoms with Crippen molar-refractivity contribution in [3.8, 4) is 5.75 Å². The second-order valence-electron chi connectivity index (χ2n) is 3.83. The molecule has 1 atom stereocenters. The van der Waals surface area contributed by atoms with Crippen LogP contribution in [-0.4, -0.2) is 17.1 Å². The molecule has 1 unspecified atom stereocenters. The maximum atomic E-state index is 13.6. The molecule has 0 saturated carbocycles. The number of aromatic nitrogens is 2. The van der Waals surface area contributed by atoms with Gasteiger partial charge >= 0.3 is 0 Å². The van der Waals surface area contributed by atoms with Crippen LogP contribution in [0.5, 0.6) is 5.75 Å². The highest BCUT2D eigenvalue weighted by Gasteiger charge is 2.10. The second-order valence-corrected chi connectivity index (χ2v) is 3.83. The third-order valence-electron chi connectivity index (χ3n) is 2.59. The van der Waals surface area contributed by atoms with E-state index in [2.05, 4.69) is 15.3 Å². The Hall–Kier alpha value is -2.17. The van der Waals surface area contributed by atoms with E-state index in [4.69, 9.17) is 4.74 Å². The van der Waals surface area contributed by atoms with Gasteiger partial charge in [-0.3, -0.25) is 0 Å². The maximum absolute atomic E-state index is 13.6. The lowest BCUT2D eigenvalue weighted by molar-refractivity contribution is 0.386. The van der Waals surface area contributed by atoms with Crippen molar-refractivity contribution in [1.29, 1.82) is 0 Å². The summed E-state index contributed by atoms with van der Waals surface area (Å²) < 4.78 is 18.4. The minimum absolute atomic E-state index is 0.0900. The number of ether oxygens (including phenoxy) is 1. The van der Waals surface area contributed by atoms with E-state index < -0.39 is 0 Å². The van der Waals surface area contributed by atoms with Gasteiger partial charge in [0.1, 0.15) is 0 Å². The van der Waals surface area contributed by atoms with Gasteiger partial charge in [0.2, 0.25) is 5.95 Å². The van der Waals surface area contributed by atoms with Crippen molar-refractivity contribution >= 4 is 5.95 Å². The van der Waals surface area contributed by atoms with Gasteiger partial charge in [-0.1, -0.05) is 6.07 Å². The molecule has 1 aromatic carbocycles. The number of methoxy groups -OCH3 is 1. The number of rotatable bonds is 4. The summed E-state index contributed by atoms with van der Waals surface area (Å²) in [7, 11) is 1.44. The van der Waals surface area contributed by atoms with Crippen LogP contribution >= 0.6 is 0 Å².